The van der Waals surface area contributed by atoms with Crippen LogP contribution in [0.3, 0.4) is 0 Å². The highest BCUT2D eigenvalue weighted by molar-refractivity contribution is 6.30. The van der Waals surface area contributed by atoms with Gasteiger partial charge in [-0.15, -0.1) is 0 Å². The molecule has 6 rings (SSSR count). The van der Waals surface area contributed by atoms with Crippen molar-refractivity contribution in [2.24, 2.45) is 0 Å². The average molecular weight is 453 g/mol. The lowest BCUT2D eigenvalue weighted by molar-refractivity contribution is 0.0395. The van der Waals surface area contributed by atoms with Crippen molar-refractivity contribution in [3.8, 4) is 11.3 Å². The highest BCUT2D eigenvalue weighted by Crippen LogP contribution is 2.36. The SMILES string of the molecule is Cc1cn2c(-c3ccc(Cl)cc3F)cc(N3CCO[C@@H](c4cnn(C5CC5)c4)C3)nc2n1. The quantitative estimate of drug-likeness (QED) is 0.452. The third-order valence-electron chi connectivity index (χ3n) is 6.06. The summed E-state index contributed by atoms with van der Waals surface area (Å²) in [5.41, 5.74) is 3.03. The van der Waals surface area contributed by atoms with Crippen molar-refractivity contribution >= 4 is 23.2 Å². The lowest BCUT2D eigenvalue weighted by Crippen LogP contribution is -2.38. The van der Waals surface area contributed by atoms with Gasteiger partial charge in [0.1, 0.15) is 17.7 Å². The highest BCUT2D eigenvalue weighted by Gasteiger charge is 2.28. The number of anilines is 1. The summed E-state index contributed by atoms with van der Waals surface area (Å²) >= 11 is 5.98. The molecule has 1 saturated carbocycles. The van der Waals surface area contributed by atoms with Gasteiger partial charge in [0, 0.05) is 47.7 Å². The Morgan fingerprint density at radius 1 is 1.16 bits per heavy atom. The van der Waals surface area contributed by atoms with Crippen molar-refractivity contribution in [3.05, 3.63) is 65.0 Å². The maximum atomic E-state index is 14.8. The Bertz CT molecular complexity index is 1310. The summed E-state index contributed by atoms with van der Waals surface area (Å²) in [5, 5.41) is 4.86. The summed E-state index contributed by atoms with van der Waals surface area (Å²) < 4.78 is 24.7. The van der Waals surface area contributed by atoms with E-state index in [0.717, 1.165) is 17.1 Å². The molecule has 1 aromatic carbocycles. The van der Waals surface area contributed by atoms with Crippen molar-refractivity contribution in [2.75, 3.05) is 24.6 Å². The second-order valence-electron chi connectivity index (χ2n) is 8.47. The third kappa shape index (κ3) is 3.53. The van der Waals surface area contributed by atoms with Crippen LogP contribution in [-0.2, 0) is 4.74 Å². The molecule has 0 amide bonds. The molecule has 4 heterocycles. The van der Waals surface area contributed by atoms with E-state index in [4.69, 9.17) is 21.3 Å². The Morgan fingerprint density at radius 3 is 2.84 bits per heavy atom. The molecular weight excluding hydrogens is 431 g/mol. The molecule has 2 fully saturated rings. The van der Waals surface area contributed by atoms with Gasteiger partial charge < -0.3 is 9.64 Å². The lowest BCUT2D eigenvalue weighted by atomic mass is 10.1. The largest absolute Gasteiger partial charge is 0.370 e. The van der Waals surface area contributed by atoms with Crippen LogP contribution < -0.4 is 4.90 Å². The molecule has 3 aromatic heterocycles. The molecule has 1 aliphatic heterocycles. The number of fused-ring (bicyclic) bond motifs is 1. The Kier molecular flexibility index (Phi) is 4.66. The van der Waals surface area contributed by atoms with Crippen LogP contribution in [-0.4, -0.2) is 43.8 Å². The number of morpholine rings is 1. The van der Waals surface area contributed by atoms with Crippen molar-refractivity contribution in [2.45, 2.75) is 31.9 Å². The Hall–Kier alpha value is -2.97. The maximum Gasteiger partial charge on any atom is 0.236 e. The fraction of sp³-hybridized carbons (Fsp3) is 0.348. The van der Waals surface area contributed by atoms with Crippen molar-refractivity contribution < 1.29 is 9.13 Å². The molecule has 164 valence electrons. The number of rotatable bonds is 4. The van der Waals surface area contributed by atoms with E-state index >= 15 is 0 Å². The van der Waals surface area contributed by atoms with Crippen LogP contribution in [0.1, 0.15) is 36.2 Å². The first-order valence-corrected chi connectivity index (χ1v) is 11.2. The summed E-state index contributed by atoms with van der Waals surface area (Å²) in [5.74, 6) is 0.902. The second-order valence-corrected chi connectivity index (χ2v) is 8.90. The molecule has 32 heavy (non-hydrogen) atoms. The zero-order valence-electron chi connectivity index (χ0n) is 17.6. The average Bonchev–Trinajstić information content (AvgIpc) is 3.38. The van der Waals surface area contributed by atoms with Gasteiger partial charge in [-0.3, -0.25) is 9.08 Å². The fourth-order valence-corrected chi connectivity index (χ4v) is 4.41. The van der Waals surface area contributed by atoms with E-state index in [1.807, 2.05) is 34.5 Å². The van der Waals surface area contributed by atoms with Crippen LogP contribution in [0.25, 0.3) is 17.0 Å². The monoisotopic (exact) mass is 452 g/mol. The first kappa shape index (κ1) is 19.7. The number of imidazole rings is 1. The molecule has 0 unspecified atom stereocenters. The number of nitrogens with zero attached hydrogens (tertiary/aromatic N) is 6. The minimum absolute atomic E-state index is 0.0912. The predicted molar refractivity (Wildman–Crippen MR) is 120 cm³/mol. The molecule has 0 radical (unpaired) electrons. The van der Waals surface area contributed by atoms with Crippen LogP contribution in [0.15, 0.2) is 42.9 Å². The molecule has 0 bridgehead atoms. The predicted octanol–water partition coefficient (Wildman–Crippen LogP) is 4.61. The first-order valence-electron chi connectivity index (χ1n) is 10.8. The standard InChI is InChI=1S/C23H22ClFN6O/c1-14-11-30-20(18-5-2-16(24)8-19(18)25)9-22(28-23(30)27-14)29-6-7-32-21(13-29)15-10-26-31(12-15)17-3-4-17/h2,5,8-12,17,21H,3-4,6-7,13H2,1H3/t21-/m1/s1. The van der Waals surface area contributed by atoms with Crippen molar-refractivity contribution in [1.29, 1.82) is 0 Å². The first-order chi connectivity index (χ1) is 15.5. The zero-order valence-corrected chi connectivity index (χ0v) is 18.3. The molecule has 0 N–H and O–H groups in total. The molecule has 1 saturated heterocycles. The van der Waals surface area contributed by atoms with E-state index in [-0.39, 0.29) is 11.9 Å². The number of aromatic nitrogens is 5. The summed E-state index contributed by atoms with van der Waals surface area (Å²) in [6.45, 7) is 3.81. The fourth-order valence-electron chi connectivity index (χ4n) is 4.25. The van der Waals surface area contributed by atoms with E-state index in [1.54, 1.807) is 12.1 Å². The van der Waals surface area contributed by atoms with E-state index in [0.29, 0.717) is 47.8 Å². The molecule has 4 aromatic rings. The van der Waals surface area contributed by atoms with Crippen LogP contribution in [0.5, 0.6) is 0 Å². The third-order valence-corrected chi connectivity index (χ3v) is 6.29. The van der Waals surface area contributed by atoms with Gasteiger partial charge in [0.15, 0.2) is 0 Å². The van der Waals surface area contributed by atoms with Gasteiger partial charge in [-0.25, -0.2) is 9.37 Å². The molecule has 1 atom stereocenters. The molecule has 1 aliphatic carbocycles. The molecule has 0 spiro atoms. The number of aryl methyl sites for hydroxylation is 1. The van der Waals surface area contributed by atoms with E-state index < -0.39 is 0 Å². The van der Waals surface area contributed by atoms with Crippen LogP contribution in [0, 0.1) is 12.7 Å². The minimum atomic E-state index is -0.380. The Balaban J connectivity index is 1.37. The minimum Gasteiger partial charge on any atom is -0.370 e. The molecule has 9 heteroatoms. The van der Waals surface area contributed by atoms with Crippen LogP contribution >= 0.6 is 11.6 Å². The topological polar surface area (TPSA) is 60.5 Å². The number of ether oxygens (including phenoxy) is 1. The summed E-state index contributed by atoms with van der Waals surface area (Å²) in [6.07, 6.45) is 8.15. The number of halogens is 2. The summed E-state index contributed by atoms with van der Waals surface area (Å²) in [6, 6.07) is 7.16. The molecular formula is C23H22ClFN6O. The van der Waals surface area contributed by atoms with E-state index in [9.17, 15) is 4.39 Å². The number of hydrogen-bond donors (Lipinski definition) is 0. The van der Waals surface area contributed by atoms with Crippen LogP contribution in [0.4, 0.5) is 10.2 Å². The molecule has 7 nitrogen and oxygen atoms in total. The maximum absolute atomic E-state index is 14.8. The Labute approximate surface area is 189 Å². The number of benzene rings is 1. The zero-order chi connectivity index (χ0) is 21.8. The van der Waals surface area contributed by atoms with Crippen molar-refractivity contribution in [1.82, 2.24) is 24.1 Å². The Morgan fingerprint density at radius 2 is 2.03 bits per heavy atom. The number of hydrogen-bond acceptors (Lipinski definition) is 5. The van der Waals surface area contributed by atoms with Gasteiger partial charge in [0.05, 0.1) is 30.2 Å². The molecule has 2 aliphatic rings. The lowest BCUT2D eigenvalue weighted by Gasteiger charge is -2.33. The van der Waals surface area contributed by atoms with Gasteiger partial charge >= 0.3 is 0 Å². The highest BCUT2D eigenvalue weighted by atomic mass is 35.5. The second kappa shape index (κ2) is 7.56. The summed E-state index contributed by atoms with van der Waals surface area (Å²) in [4.78, 5) is 11.5. The van der Waals surface area contributed by atoms with Gasteiger partial charge in [-0.1, -0.05) is 11.6 Å². The van der Waals surface area contributed by atoms with E-state index in [1.165, 1.54) is 18.9 Å². The van der Waals surface area contributed by atoms with Gasteiger partial charge in [-0.05, 0) is 38.0 Å². The van der Waals surface area contributed by atoms with Gasteiger partial charge in [-0.2, -0.15) is 10.1 Å². The smallest absolute Gasteiger partial charge is 0.236 e. The summed E-state index contributed by atoms with van der Waals surface area (Å²) in [7, 11) is 0. The van der Waals surface area contributed by atoms with Crippen LogP contribution in [0.2, 0.25) is 5.02 Å². The normalized spacial score (nSPS) is 19.1. The van der Waals surface area contributed by atoms with Gasteiger partial charge in [0.25, 0.3) is 0 Å². The van der Waals surface area contributed by atoms with Gasteiger partial charge in [0.2, 0.25) is 5.78 Å². The van der Waals surface area contributed by atoms with E-state index in [2.05, 4.69) is 21.2 Å². The van der Waals surface area contributed by atoms with Crippen molar-refractivity contribution in [3.63, 3.8) is 0 Å².